The Labute approximate surface area is 180 Å². The number of hydrogen-bond donors (Lipinski definition) is 3. The zero-order valence-electron chi connectivity index (χ0n) is 18.5. The van der Waals surface area contributed by atoms with E-state index in [1.54, 1.807) is 25.2 Å². The Morgan fingerprint density at radius 1 is 1.27 bits per heavy atom. The van der Waals surface area contributed by atoms with Crippen LogP contribution in [0.15, 0.2) is 34.2 Å². The lowest BCUT2D eigenvalue weighted by Gasteiger charge is -2.22. The van der Waals surface area contributed by atoms with Gasteiger partial charge in [0.25, 0.3) is 0 Å². The summed E-state index contributed by atoms with van der Waals surface area (Å²) in [6, 6.07) is 6.97. The molecule has 1 saturated heterocycles. The molecule has 9 heteroatoms. The molecule has 0 saturated carbocycles. The van der Waals surface area contributed by atoms with Crippen LogP contribution in [0.5, 0.6) is 0 Å². The second kappa shape index (κ2) is 11.6. The van der Waals surface area contributed by atoms with Gasteiger partial charge in [0.2, 0.25) is 10.0 Å². The van der Waals surface area contributed by atoms with Crippen LogP contribution in [0, 0.1) is 0 Å². The number of ether oxygens (including phenoxy) is 2. The average Bonchev–Trinajstić information content (AvgIpc) is 3.18. The number of rotatable bonds is 10. The fourth-order valence-electron chi connectivity index (χ4n) is 3.14. The number of guanidine groups is 1. The smallest absolute Gasteiger partial charge is 0.241 e. The van der Waals surface area contributed by atoms with E-state index in [0.29, 0.717) is 37.8 Å². The zero-order valence-corrected chi connectivity index (χ0v) is 19.3. The second-order valence-corrected chi connectivity index (χ2v) is 10.0. The molecule has 30 heavy (non-hydrogen) atoms. The van der Waals surface area contributed by atoms with Crippen molar-refractivity contribution in [3.63, 3.8) is 0 Å². The molecule has 1 heterocycles. The predicted molar refractivity (Wildman–Crippen MR) is 119 cm³/mol. The molecule has 1 unspecified atom stereocenters. The van der Waals surface area contributed by atoms with Crippen molar-refractivity contribution >= 4 is 16.0 Å². The van der Waals surface area contributed by atoms with Gasteiger partial charge < -0.3 is 20.1 Å². The summed E-state index contributed by atoms with van der Waals surface area (Å²) < 4.78 is 39.4. The summed E-state index contributed by atoms with van der Waals surface area (Å²) in [6.07, 6.45) is 3.29. The summed E-state index contributed by atoms with van der Waals surface area (Å²) >= 11 is 0. The Kier molecular flexibility index (Phi) is 9.54. The Balaban J connectivity index is 1.79. The minimum Gasteiger partial charge on any atom is -0.379 e. The average molecular weight is 441 g/mol. The minimum absolute atomic E-state index is 0.247. The summed E-state index contributed by atoms with van der Waals surface area (Å²) in [6.45, 7) is 8.66. The van der Waals surface area contributed by atoms with Crippen molar-refractivity contribution < 1.29 is 17.9 Å². The quantitative estimate of drug-likeness (QED) is 0.292. The number of benzene rings is 1. The summed E-state index contributed by atoms with van der Waals surface area (Å²) in [5.41, 5.74) is 0.125. The molecular weight excluding hydrogens is 404 g/mol. The summed E-state index contributed by atoms with van der Waals surface area (Å²) in [5, 5.41) is 6.41. The van der Waals surface area contributed by atoms with Gasteiger partial charge >= 0.3 is 0 Å². The molecule has 1 aromatic carbocycles. The lowest BCUT2D eigenvalue weighted by atomic mass is 10.1. The van der Waals surface area contributed by atoms with E-state index in [0.717, 1.165) is 25.9 Å². The standard InChI is InChI=1S/C21H36N4O4S/c1-21(2,3)25-30(26,27)19-11-6-5-9-17(19)15-24-20(22-4)23-12-8-13-28-16-18-10-7-14-29-18/h5-6,9,11,18,25H,7-8,10,12-16H2,1-4H3,(H2,22,23,24). The highest BCUT2D eigenvalue weighted by Gasteiger charge is 2.24. The predicted octanol–water partition coefficient (Wildman–Crippen LogP) is 2.01. The molecule has 0 aromatic heterocycles. The number of aliphatic imine (C=N–C) groups is 1. The van der Waals surface area contributed by atoms with E-state index in [1.807, 2.05) is 26.8 Å². The number of nitrogens with zero attached hydrogens (tertiary/aromatic N) is 1. The molecule has 3 N–H and O–H groups in total. The van der Waals surface area contributed by atoms with Crippen molar-refractivity contribution in [1.82, 2.24) is 15.4 Å². The molecule has 8 nitrogen and oxygen atoms in total. The van der Waals surface area contributed by atoms with Crippen LogP contribution >= 0.6 is 0 Å². The fraction of sp³-hybridized carbons (Fsp3) is 0.667. The normalized spacial score (nSPS) is 17.9. The molecule has 1 aromatic rings. The van der Waals surface area contributed by atoms with E-state index in [9.17, 15) is 8.42 Å². The highest BCUT2D eigenvalue weighted by molar-refractivity contribution is 7.89. The van der Waals surface area contributed by atoms with Gasteiger partial charge in [0.15, 0.2) is 5.96 Å². The Morgan fingerprint density at radius 3 is 2.70 bits per heavy atom. The second-order valence-electron chi connectivity index (χ2n) is 8.38. The third-order valence-electron chi connectivity index (χ3n) is 4.46. The monoisotopic (exact) mass is 440 g/mol. The van der Waals surface area contributed by atoms with Gasteiger partial charge in [-0.25, -0.2) is 13.1 Å². The van der Waals surface area contributed by atoms with Crippen LogP contribution in [0.25, 0.3) is 0 Å². The lowest BCUT2D eigenvalue weighted by molar-refractivity contribution is 0.0168. The maximum Gasteiger partial charge on any atom is 0.241 e. The maximum absolute atomic E-state index is 12.7. The number of nitrogens with one attached hydrogen (secondary N) is 3. The van der Waals surface area contributed by atoms with E-state index in [1.165, 1.54) is 0 Å². The van der Waals surface area contributed by atoms with E-state index in [2.05, 4.69) is 20.3 Å². The minimum atomic E-state index is -3.61. The Hall–Kier alpha value is -1.68. The molecular formula is C21H36N4O4S. The highest BCUT2D eigenvalue weighted by Crippen LogP contribution is 2.17. The third kappa shape index (κ3) is 8.59. The molecule has 0 spiro atoms. The molecule has 2 rings (SSSR count). The molecule has 170 valence electrons. The van der Waals surface area contributed by atoms with Gasteiger partial charge in [-0.05, 0) is 51.7 Å². The van der Waals surface area contributed by atoms with Gasteiger partial charge in [-0.15, -0.1) is 0 Å². The maximum atomic E-state index is 12.7. The van der Waals surface area contributed by atoms with E-state index >= 15 is 0 Å². The first-order valence-electron chi connectivity index (χ1n) is 10.5. The van der Waals surface area contributed by atoms with Crippen molar-refractivity contribution in [3.05, 3.63) is 29.8 Å². The van der Waals surface area contributed by atoms with E-state index < -0.39 is 15.6 Å². The van der Waals surface area contributed by atoms with Crippen LogP contribution in [0.2, 0.25) is 0 Å². The van der Waals surface area contributed by atoms with E-state index in [4.69, 9.17) is 9.47 Å². The van der Waals surface area contributed by atoms with Crippen LogP contribution in [0.1, 0.15) is 45.6 Å². The molecule has 1 atom stereocenters. The number of hydrogen-bond acceptors (Lipinski definition) is 5. The first kappa shape index (κ1) is 24.6. The topological polar surface area (TPSA) is 101 Å². The molecule has 0 radical (unpaired) electrons. The van der Waals surface area contributed by atoms with Gasteiger partial charge in [-0.3, -0.25) is 4.99 Å². The van der Waals surface area contributed by atoms with Crippen molar-refractivity contribution in [2.24, 2.45) is 4.99 Å². The fourth-order valence-corrected chi connectivity index (χ4v) is 4.80. The SMILES string of the molecule is CN=C(NCCCOCC1CCCO1)NCc1ccccc1S(=O)(=O)NC(C)(C)C. The molecule has 0 amide bonds. The Bertz CT molecular complexity index is 784. The highest BCUT2D eigenvalue weighted by atomic mass is 32.2. The molecule has 0 bridgehead atoms. The largest absolute Gasteiger partial charge is 0.379 e. The lowest BCUT2D eigenvalue weighted by Crippen LogP contribution is -2.41. The van der Waals surface area contributed by atoms with E-state index in [-0.39, 0.29) is 11.0 Å². The van der Waals surface area contributed by atoms with Gasteiger partial charge in [0.1, 0.15) is 0 Å². The molecule has 0 aliphatic carbocycles. The first-order valence-corrected chi connectivity index (χ1v) is 12.0. The summed E-state index contributed by atoms with van der Waals surface area (Å²) in [5.74, 6) is 0.616. The van der Waals surface area contributed by atoms with Gasteiger partial charge in [-0.2, -0.15) is 0 Å². The molecule has 1 aliphatic heterocycles. The molecule has 1 aliphatic rings. The van der Waals surface area contributed by atoms with Crippen LogP contribution in [0.4, 0.5) is 0 Å². The Morgan fingerprint density at radius 2 is 2.03 bits per heavy atom. The summed E-state index contributed by atoms with van der Waals surface area (Å²) in [4.78, 5) is 4.47. The summed E-state index contributed by atoms with van der Waals surface area (Å²) in [7, 11) is -1.93. The van der Waals surface area contributed by atoms with Crippen molar-refractivity contribution in [2.45, 2.75) is 63.1 Å². The first-order chi connectivity index (χ1) is 14.2. The molecule has 1 fully saturated rings. The van der Waals surface area contributed by atoms with Crippen LogP contribution in [0.3, 0.4) is 0 Å². The van der Waals surface area contributed by atoms with Crippen LogP contribution < -0.4 is 15.4 Å². The zero-order chi connectivity index (χ0) is 22.0. The van der Waals surface area contributed by atoms with Crippen molar-refractivity contribution in [2.75, 3.05) is 33.4 Å². The van der Waals surface area contributed by atoms with Crippen molar-refractivity contribution in [1.29, 1.82) is 0 Å². The van der Waals surface area contributed by atoms with Crippen LogP contribution in [-0.2, 0) is 26.0 Å². The van der Waals surface area contributed by atoms with Crippen LogP contribution in [-0.4, -0.2) is 59.4 Å². The van der Waals surface area contributed by atoms with Crippen molar-refractivity contribution in [3.8, 4) is 0 Å². The van der Waals surface area contributed by atoms with Gasteiger partial charge in [0.05, 0.1) is 17.6 Å². The van der Waals surface area contributed by atoms with Gasteiger partial charge in [0, 0.05) is 38.9 Å². The number of sulfonamides is 1. The van der Waals surface area contributed by atoms with Gasteiger partial charge in [-0.1, -0.05) is 18.2 Å². The third-order valence-corrected chi connectivity index (χ3v) is 6.32.